The molecule has 1 aliphatic rings. The van der Waals surface area contributed by atoms with Gasteiger partial charge in [0.1, 0.15) is 0 Å². The summed E-state index contributed by atoms with van der Waals surface area (Å²) in [5.74, 6) is -1.40. The quantitative estimate of drug-likeness (QED) is 0.490. The largest absolute Gasteiger partial charge is 0.285 e. The number of benzene rings is 1. The standard InChI is InChI=1S/C14H19Cl2NO3Si2/c1-21(2,3)11-7-8(14(19)17(20)13(7)18)12(22(4,5)6)10(16)9(11)15/h20H,1-6H3. The Balaban J connectivity index is 3.07. The summed E-state index contributed by atoms with van der Waals surface area (Å²) >= 11 is 13.0. The van der Waals surface area contributed by atoms with Crippen molar-refractivity contribution in [3.8, 4) is 0 Å². The lowest BCUT2D eigenvalue weighted by Crippen LogP contribution is -2.48. The van der Waals surface area contributed by atoms with Gasteiger partial charge in [0.05, 0.1) is 37.3 Å². The Morgan fingerprint density at radius 1 is 0.773 bits per heavy atom. The summed E-state index contributed by atoms with van der Waals surface area (Å²) in [7, 11) is -4.12. The number of carbonyl (C=O) groups excluding carboxylic acids is 2. The first-order valence-electron chi connectivity index (χ1n) is 6.93. The van der Waals surface area contributed by atoms with E-state index < -0.39 is 28.0 Å². The molecule has 0 spiro atoms. The maximum Gasteiger partial charge on any atom is 0.285 e. The van der Waals surface area contributed by atoms with E-state index in [9.17, 15) is 14.8 Å². The van der Waals surface area contributed by atoms with Crippen molar-refractivity contribution in [2.45, 2.75) is 39.3 Å². The van der Waals surface area contributed by atoms with Crippen molar-refractivity contribution < 1.29 is 14.8 Å². The summed E-state index contributed by atoms with van der Waals surface area (Å²) in [6.07, 6.45) is 0. The molecule has 0 saturated carbocycles. The van der Waals surface area contributed by atoms with Crippen LogP contribution in [0.25, 0.3) is 0 Å². The van der Waals surface area contributed by atoms with Gasteiger partial charge in [0.25, 0.3) is 11.8 Å². The maximum atomic E-state index is 12.4. The predicted octanol–water partition coefficient (Wildman–Crippen LogP) is 3.07. The van der Waals surface area contributed by atoms with Crippen molar-refractivity contribution in [2.24, 2.45) is 0 Å². The van der Waals surface area contributed by atoms with Gasteiger partial charge < -0.3 is 0 Å². The highest BCUT2D eigenvalue weighted by atomic mass is 35.5. The van der Waals surface area contributed by atoms with E-state index in [0.29, 0.717) is 20.4 Å². The van der Waals surface area contributed by atoms with Gasteiger partial charge in [0.2, 0.25) is 0 Å². The van der Waals surface area contributed by atoms with Gasteiger partial charge in [-0.1, -0.05) is 62.5 Å². The molecule has 22 heavy (non-hydrogen) atoms. The molecule has 1 heterocycles. The first-order chi connectivity index (χ1) is 9.80. The van der Waals surface area contributed by atoms with Crippen LogP contribution >= 0.6 is 23.2 Å². The lowest BCUT2D eigenvalue weighted by molar-refractivity contribution is -0.0326. The fraction of sp³-hybridized carbons (Fsp3) is 0.429. The van der Waals surface area contributed by atoms with Gasteiger partial charge in [-0.3, -0.25) is 14.8 Å². The van der Waals surface area contributed by atoms with Gasteiger partial charge in [-0.05, 0) is 10.4 Å². The fourth-order valence-electron chi connectivity index (χ4n) is 2.83. The average molecular weight is 376 g/mol. The molecule has 0 bridgehead atoms. The zero-order chi connectivity index (χ0) is 17.2. The first-order valence-corrected chi connectivity index (χ1v) is 14.7. The predicted molar refractivity (Wildman–Crippen MR) is 94.7 cm³/mol. The van der Waals surface area contributed by atoms with Gasteiger partial charge in [-0.15, -0.1) is 5.06 Å². The van der Waals surface area contributed by atoms with E-state index in [1.165, 1.54) is 0 Å². The molecule has 0 unspecified atom stereocenters. The number of hydrogen-bond acceptors (Lipinski definition) is 3. The molecule has 2 amide bonds. The van der Waals surface area contributed by atoms with E-state index in [2.05, 4.69) is 0 Å². The van der Waals surface area contributed by atoms with Crippen molar-refractivity contribution >= 4 is 61.5 Å². The molecule has 0 radical (unpaired) electrons. The number of carbonyl (C=O) groups is 2. The third kappa shape index (κ3) is 2.47. The second-order valence-corrected chi connectivity index (χ2v) is 18.3. The van der Waals surface area contributed by atoms with Crippen molar-refractivity contribution in [1.82, 2.24) is 5.06 Å². The average Bonchev–Trinajstić information content (AvgIpc) is 2.53. The molecular formula is C14H19Cl2NO3Si2. The Morgan fingerprint density at radius 3 is 1.27 bits per heavy atom. The van der Waals surface area contributed by atoms with E-state index in [1.807, 2.05) is 39.3 Å². The Kier molecular flexibility index (Phi) is 4.16. The highest BCUT2D eigenvalue weighted by Crippen LogP contribution is 2.32. The van der Waals surface area contributed by atoms with Crippen LogP contribution in [0.3, 0.4) is 0 Å². The number of fused-ring (bicyclic) bond motifs is 1. The molecule has 1 aliphatic heterocycles. The van der Waals surface area contributed by atoms with Gasteiger partial charge in [-0.2, -0.15) is 0 Å². The van der Waals surface area contributed by atoms with Gasteiger partial charge in [0, 0.05) is 0 Å². The number of hydrogen-bond donors (Lipinski definition) is 1. The lowest BCUT2D eigenvalue weighted by Gasteiger charge is -2.27. The summed E-state index contributed by atoms with van der Waals surface area (Å²) in [5, 5.41) is 12.0. The summed E-state index contributed by atoms with van der Waals surface area (Å²) in [6.45, 7) is 12.1. The molecule has 1 aromatic carbocycles. The highest BCUT2D eigenvalue weighted by Gasteiger charge is 2.46. The van der Waals surface area contributed by atoms with Gasteiger partial charge in [-0.25, -0.2) is 0 Å². The molecule has 4 nitrogen and oxygen atoms in total. The number of hydroxylamine groups is 2. The smallest absolute Gasteiger partial charge is 0.278 e. The Labute approximate surface area is 142 Å². The molecule has 1 aromatic rings. The fourth-order valence-corrected chi connectivity index (χ4v) is 8.60. The molecule has 0 atom stereocenters. The third-order valence-corrected chi connectivity index (χ3v) is 8.86. The van der Waals surface area contributed by atoms with Crippen LogP contribution in [0.15, 0.2) is 0 Å². The lowest BCUT2D eigenvalue weighted by atomic mass is 10.1. The molecule has 120 valence electrons. The van der Waals surface area contributed by atoms with Crippen LogP contribution in [0.2, 0.25) is 49.3 Å². The third-order valence-electron chi connectivity index (χ3n) is 3.69. The number of nitrogens with zero attached hydrogens (tertiary/aromatic N) is 1. The van der Waals surface area contributed by atoms with Crippen LogP contribution in [-0.2, 0) is 0 Å². The molecule has 0 saturated heterocycles. The van der Waals surface area contributed by atoms with Crippen LogP contribution in [0.5, 0.6) is 0 Å². The SMILES string of the molecule is C[Si](C)(C)c1c(Cl)c(Cl)c([Si](C)(C)C)c2c1C(=O)N(O)C2=O. The van der Waals surface area contributed by atoms with E-state index in [-0.39, 0.29) is 16.2 Å². The van der Waals surface area contributed by atoms with Crippen LogP contribution in [0, 0.1) is 0 Å². The van der Waals surface area contributed by atoms with Gasteiger partial charge >= 0.3 is 0 Å². The van der Waals surface area contributed by atoms with E-state index in [4.69, 9.17) is 23.2 Å². The Hall–Kier alpha value is -0.666. The second kappa shape index (κ2) is 5.17. The van der Waals surface area contributed by atoms with E-state index in [1.54, 1.807) is 0 Å². The number of imide groups is 1. The Bertz CT molecular complexity index is 647. The summed E-state index contributed by atoms with van der Waals surface area (Å²) in [5.41, 5.74) is 0.497. The maximum absolute atomic E-state index is 12.4. The minimum atomic E-state index is -2.06. The summed E-state index contributed by atoms with van der Waals surface area (Å²) in [4.78, 5) is 24.8. The highest BCUT2D eigenvalue weighted by molar-refractivity contribution is 6.94. The van der Waals surface area contributed by atoms with Crippen LogP contribution in [0.1, 0.15) is 20.7 Å². The second-order valence-electron chi connectivity index (χ2n) is 7.55. The zero-order valence-corrected chi connectivity index (χ0v) is 17.0. The summed E-state index contributed by atoms with van der Waals surface area (Å²) in [6, 6.07) is 0. The van der Waals surface area contributed by atoms with Crippen molar-refractivity contribution in [2.75, 3.05) is 0 Å². The minimum absolute atomic E-state index is 0.185. The molecule has 1 N–H and O–H groups in total. The van der Waals surface area contributed by atoms with Crippen molar-refractivity contribution in [3.05, 3.63) is 21.2 Å². The molecule has 8 heteroatoms. The molecular weight excluding hydrogens is 357 g/mol. The van der Waals surface area contributed by atoms with Gasteiger partial charge in [0.15, 0.2) is 0 Å². The molecule has 0 fully saturated rings. The minimum Gasteiger partial charge on any atom is -0.278 e. The van der Waals surface area contributed by atoms with Crippen molar-refractivity contribution in [1.29, 1.82) is 0 Å². The molecule has 2 rings (SSSR count). The topological polar surface area (TPSA) is 57.6 Å². The Morgan fingerprint density at radius 2 is 1.05 bits per heavy atom. The number of halogens is 2. The summed E-state index contributed by atoms with van der Waals surface area (Å²) < 4.78 is 0. The number of rotatable bonds is 2. The van der Waals surface area contributed by atoms with Crippen LogP contribution < -0.4 is 10.4 Å². The normalized spacial score (nSPS) is 15.6. The van der Waals surface area contributed by atoms with E-state index >= 15 is 0 Å². The van der Waals surface area contributed by atoms with E-state index in [0.717, 1.165) is 0 Å². The first kappa shape index (κ1) is 17.7. The monoisotopic (exact) mass is 375 g/mol. The molecule has 0 aliphatic carbocycles. The number of amides is 2. The van der Waals surface area contributed by atoms with Crippen LogP contribution in [0.4, 0.5) is 0 Å². The van der Waals surface area contributed by atoms with Crippen molar-refractivity contribution in [3.63, 3.8) is 0 Å². The zero-order valence-electron chi connectivity index (χ0n) is 13.5. The van der Waals surface area contributed by atoms with Crippen LogP contribution in [-0.4, -0.2) is 38.2 Å². The molecule has 0 aromatic heterocycles.